The number of hydrogen-bond donors (Lipinski definition) is 2. The van der Waals surface area contributed by atoms with Crippen molar-refractivity contribution in [3.8, 4) is 0 Å². The first-order valence-corrected chi connectivity index (χ1v) is 7.86. The number of carbonyl (C=O) groups excluding carboxylic acids is 1. The molecule has 1 heterocycles. The zero-order valence-corrected chi connectivity index (χ0v) is 13.4. The molecular formula is C17H21NO2S. The Balaban J connectivity index is 1.94. The van der Waals surface area contributed by atoms with Crippen LogP contribution in [0.25, 0.3) is 0 Å². The molecule has 112 valence electrons. The summed E-state index contributed by atoms with van der Waals surface area (Å²) < 4.78 is 0. The van der Waals surface area contributed by atoms with Crippen LogP contribution in [0, 0.1) is 0 Å². The molecule has 0 spiro atoms. The number of amides is 1. The van der Waals surface area contributed by atoms with Crippen molar-refractivity contribution in [1.82, 2.24) is 5.32 Å². The van der Waals surface area contributed by atoms with Gasteiger partial charge in [-0.3, -0.25) is 4.79 Å². The summed E-state index contributed by atoms with van der Waals surface area (Å²) in [6.07, 6.45) is -0.650. The Bertz CT molecular complexity index is 582. The summed E-state index contributed by atoms with van der Waals surface area (Å²) in [4.78, 5) is 12.9. The van der Waals surface area contributed by atoms with Crippen molar-refractivity contribution < 1.29 is 9.90 Å². The van der Waals surface area contributed by atoms with E-state index in [2.05, 4.69) is 26.1 Å². The highest BCUT2D eigenvalue weighted by molar-refractivity contribution is 7.10. The van der Waals surface area contributed by atoms with Crippen LogP contribution in [-0.2, 0) is 5.41 Å². The Labute approximate surface area is 129 Å². The predicted molar refractivity (Wildman–Crippen MR) is 86.8 cm³/mol. The van der Waals surface area contributed by atoms with E-state index in [0.717, 1.165) is 4.88 Å². The van der Waals surface area contributed by atoms with Gasteiger partial charge in [0.05, 0.1) is 0 Å². The second kappa shape index (κ2) is 6.41. The van der Waals surface area contributed by atoms with E-state index in [-0.39, 0.29) is 17.9 Å². The minimum Gasteiger partial charge on any atom is -0.386 e. The number of rotatable bonds is 4. The second-order valence-corrected chi connectivity index (χ2v) is 7.05. The van der Waals surface area contributed by atoms with E-state index in [1.807, 2.05) is 41.8 Å². The standard InChI is InChI=1S/C17H21NO2S/c1-17(2,3)13-8-6-12(7-9-13)16(20)18-11-14(19)15-5-4-10-21-15/h4-10,14,19H,11H2,1-3H3,(H,18,20). The van der Waals surface area contributed by atoms with Gasteiger partial charge in [-0.15, -0.1) is 11.3 Å². The molecule has 0 bridgehead atoms. The van der Waals surface area contributed by atoms with Crippen LogP contribution < -0.4 is 5.32 Å². The summed E-state index contributed by atoms with van der Waals surface area (Å²) in [5.74, 6) is -0.161. The summed E-state index contributed by atoms with van der Waals surface area (Å²) in [6.45, 7) is 6.64. The van der Waals surface area contributed by atoms with Crippen LogP contribution in [0.2, 0.25) is 0 Å². The Morgan fingerprint density at radius 3 is 2.43 bits per heavy atom. The SMILES string of the molecule is CC(C)(C)c1ccc(C(=O)NCC(O)c2cccs2)cc1. The first kappa shape index (κ1) is 15.7. The third-order valence-electron chi connectivity index (χ3n) is 3.34. The minimum atomic E-state index is -0.650. The first-order chi connectivity index (χ1) is 9.88. The van der Waals surface area contributed by atoms with Gasteiger partial charge in [-0.05, 0) is 34.6 Å². The molecule has 2 rings (SSSR count). The Hall–Kier alpha value is -1.65. The zero-order chi connectivity index (χ0) is 15.5. The molecule has 0 aliphatic rings. The van der Waals surface area contributed by atoms with Crippen molar-refractivity contribution in [3.05, 3.63) is 57.8 Å². The Morgan fingerprint density at radius 1 is 1.24 bits per heavy atom. The van der Waals surface area contributed by atoms with Crippen molar-refractivity contribution in [2.45, 2.75) is 32.3 Å². The van der Waals surface area contributed by atoms with Gasteiger partial charge in [0.1, 0.15) is 6.10 Å². The van der Waals surface area contributed by atoms with Gasteiger partial charge in [-0.2, -0.15) is 0 Å². The number of benzene rings is 1. The van der Waals surface area contributed by atoms with Gasteiger partial charge in [0, 0.05) is 17.0 Å². The highest BCUT2D eigenvalue weighted by atomic mass is 32.1. The van der Waals surface area contributed by atoms with Crippen molar-refractivity contribution in [2.75, 3.05) is 6.54 Å². The fourth-order valence-corrected chi connectivity index (χ4v) is 2.71. The van der Waals surface area contributed by atoms with Crippen LogP contribution >= 0.6 is 11.3 Å². The average molecular weight is 303 g/mol. The van der Waals surface area contributed by atoms with Crippen molar-refractivity contribution in [3.63, 3.8) is 0 Å². The van der Waals surface area contributed by atoms with Gasteiger partial charge < -0.3 is 10.4 Å². The van der Waals surface area contributed by atoms with Gasteiger partial charge in [0.25, 0.3) is 5.91 Å². The number of aliphatic hydroxyl groups is 1. The highest BCUT2D eigenvalue weighted by Gasteiger charge is 2.15. The Kier molecular flexibility index (Phi) is 4.80. The molecule has 0 saturated carbocycles. The maximum atomic E-state index is 12.1. The van der Waals surface area contributed by atoms with Gasteiger partial charge in [0.15, 0.2) is 0 Å². The third kappa shape index (κ3) is 4.16. The molecule has 1 amide bonds. The minimum absolute atomic E-state index is 0.0738. The van der Waals surface area contributed by atoms with Gasteiger partial charge in [-0.25, -0.2) is 0 Å². The molecule has 0 saturated heterocycles. The summed E-state index contributed by atoms with van der Waals surface area (Å²) in [7, 11) is 0. The molecular weight excluding hydrogens is 282 g/mol. The van der Waals surface area contributed by atoms with Crippen LogP contribution in [-0.4, -0.2) is 17.6 Å². The fourth-order valence-electron chi connectivity index (χ4n) is 1.99. The molecule has 1 aromatic carbocycles. The van der Waals surface area contributed by atoms with Crippen LogP contribution in [0.1, 0.15) is 47.7 Å². The van der Waals surface area contributed by atoms with Crippen LogP contribution in [0.5, 0.6) is 0 Å². The monoisotopic (exact) mass is 303 g/mol. The van der Waals surface area contributed by atoms with E-state index in [4.69, 9.17) is 0 Å². The molecule has 2 N–H and O–H groups in total. The van der Waals surface area contributed by atoms with Crippen molar-refractivity contribution in [2.24, 2.45) is 0 Å². The summed E-state index contributed by atoms with van der Waals surface area (Å²) in [6, 6.07) is 11.4. The molecule has 0 fully saturated rings. The number of carbonyl (C=O) groups is 1. The van der Waals surface area contributed by atoms with Crippen LogP contribution in [0.15, 0.2) is 41.8 Å². The predicted octanol–water partition coefficient (Wildman–Crippen LogP) is 3.51. The summed E-state index contributed by atoms with van der Waals surface area (Å²) >= 11 is 1.48. The number of aliphatic hydroxyl groups excluding tert-OH is 1. The van der Waals surface area contributed by atoms with Crippen LogP contribution in [0.4, 0.5) is 0 Å². The second-order valence-electron chi connectivity index (χ2n) is 6.07. The van der Waals surface area contributed by atoms with E-state index >= 15 is 0 Å². The van der Waals surface area contributed by atoms with Gasteiger partial charge in [0.2, 0.25) is 0 Å². The lowest BCUT2D eigenvalue weighted by Crippen LogP contribution is -2.28. The van der Waals surface area contributed by atoms with Gasteiger partial charge >= 0.3 is 0 Å². The number of hydrogen-bond acceptors (Lipinski definition) is 3. The quantitative estimate of drug-likeness (QED) is 0.908. The summed E-state index contributed by atoms with van der Waals surface area (Å²) in [5.41, 5.74) is 1.88. The third-order valence-corrected chi connectivity index (χ3v) is 4.31. The maximum Gasteiger partial charge on any atom is 0.251 e. The molecule has 4 heteroatoms. The normalized spacial score (nSPS) is 13.0. The molecule has 1 unspecified atom stereocenters. The molecule has 1 atom stereocenters. The zero-order valence-electron chi connectivity index (χ0n) is 12.6. The number of thiophene rings is 1. The molecule has 2 aromatic rings. The summed E-state index contributed by atoms with van der Waals surface area (Å²) in [5, 5.41) is 14.6. The van der Waals surface area contributed by atoms with E-state index < -0.39 is 6.10 Å². The fraction of sp³-hybridized carbons (Fsp3) is 0.353. The maximum absolute atomic E-state index is 12.1. The molecule has 0 aliphatic heterocycles. The lowest BCUT2D eigenvalue weighted by molar-refractivity contribution is 0.0918. The molecule has 0 aliphatic carbocycles. The smallest absolute Gasteiger partial charge is 0.251 e. The molecule has 21 heavy (non-hydrogen) atoms. The largest absolute Gasteiger partial charge is 0.386 e. The van der Waals surface area contributed by atoms with Gasteiger partial charge in [-0.1, -0.05) is 39.0 Å². The van der Waals surface area contributed by atoms with E-state index in [0.29, 0.717) is 5.56 Å². The molecule has 3 nitrogen and oxygen atoms in total. The Morgan fingerprint density at radius 2 is 1.90 bits per heavy atom. The lowest BCUT2D eigenvalue weighted by atomic mass is 9.87. The van der Waals surface area contributed by atoms with Crippen LogP contribution in [0.3, 0.4) is 0 Å². The van der Waals surface area contributed by atoms with E-state index in [9.17, 15) is 9.90 Å². The first-order valence-electron chi connectivity index (χ1n) is 6.98. The van der Waals surface area contributed by atoms with Crippen molar-refractivity contribution in [1.29, 1.82) is 0 Å². The van der Waals surface area contributed by atoms with Crippen molar-refractivity contribution >= 4 is 17.2 Å². The number of nitrogens with one attached hydrogen (secondary N) is 1. The topological polar surface area (TPSA) is 49.3 Å². The lowest BCUT2D eigenvalue weighted by Gasteiger charge is -2.19. The molecule has 0 radical (unpaired) electrons. The van der Waals surface area contributed by atoms with E-state index in [1.165, 1.54) is 16.9 Å². The highest BCUT2D eigenvalue weighted by Crippen LogP contribution is 2.22. The van der Waals surface area contributed by atoms with E-state index in [1.54, 1.807) is 0 Å². The molecule has 1 aromatic heterocycles. The average Bonchev–Trinajstić information content (AvgIpc) is 2.98.